The third-order valence-electron chi connectivity index (χ3n) is 1.55. The van der Waals surface area contributed by atoms with Crippen LogP contribution < -0.4 is 5.82 Å². The molecule has 1 aromatic heterocycles. The van der Waals surface area contributed by atoms with Crippen LogP contribution in [0.5, 0.6) is 0 Å². The highest BCUT2D eigenvalue weighted by atomic mass is 35.5. The van der Waals surface area contributed by atoms with E-state index < -0.39 is 5.82 Å². The van der Waals surface area contributed by atoms with Crippen LogP contribution >= 0.6 is 46.4 Å². The molecule has 14 heavy (non-hydrogen) atoms. The van der Waals surface area contributed by atoms with E-state index in [1.165, 1.54) is 0 Å². The Morgan fingerprint density at radius 1 is 0.714 bits per heavy atom. The summed E-state index contributed by atoms with van der Waals surface area (Å²) < 4.78 is 9.27. The number of fused-ring (bicyclic) bond motifs is 1. The second-order valence-electron chi connectivity index (χ2n) is 2.37. The van der Waals surface area contributed by atoms with Crippen molar-refractivity contribution in [3.05, 3.63) is 30.7 Å². The zero-order valence-corrected chi connectivity index (χ0v) is 9.26. The highest BCUT2D eigenvalue weighted by Crippen LogP contribution is 2.42. The Morgan fingerprint density at radius 2 is 1.07 bits per heavy atom. The molecule has 0 N–H and O–H groups in total. The molecular formula is C7Cl4O3. The fourth-order valence-corrected chi connectivity index (χ4v) is 1.86. The SMILES string of the molecule is O=c1oc2c(Cl)c(Cl)c(Cl)c(Cl)c2o1. The average molecular weight is 274 g/mol. The van der Waals surface area contributed by atoms with Gasteiger partial charge < -0.3 is 8.83 Å². The van der Waals surface area contributed by atoms with Crippen LogP contribution in [0.15, 0.2) is 13.6 Å². The number of benzene rings is 1. The lowest BCUT2D eigenvalue weighted by molar-refractivity contribution is 0.409. The van der Waals surface area contributed by atoms with E-state index in [2.05, 4.69) is 8.83 Å². The van der Waals surface area contributed by atoms with E-state index in [4.69, 9.17) is 46.4 Å². The largest absolute Gasteiger partial charge is 0.519 e. The van der Waals surface area contributed by atoms with Gasteiger partial charge in [-0.05, 0) is 0 Å². The standard InChI is InChI=1S/C7Cl4O3/c8-1-2(9)4(11)6-5(3(1)10)13-7(12)14-6. The monoisotopic (exact) mass is 272 g/mol. The second kappa shape index (κ2) is 3.35. The van der Waals surface area contributed by atoms with Crippen LogP contribution in [0.1, 0.15) is 0 Å². The van der Waals surface area contributed by atoms with Gasteiger partial charge in [0.15, 0.2) is 11.2 Å². The van der Waals surface area contributed by atoms with Gasteiger partial charge in [-0.3, -0.25) is 0 Å². The van der Waals surface area contributed by atoms with Crippen molar-refractivity contribution in [2.75, 3.05) is 0 Å². The topological polar surface area (TPSA) is 43.4 Å². The van der Waals surface area contributed by atoms with Crippen LogP contribution in [0.3, 0.4) is 0 Å². The minimum Gasteiger partial charge on any atom is -0.389 e. The summed E-state index contributed by atoms with van der Waals surface area (Å²) in [5.41, 5.74) is -0.00728. The van der Waals surface area contributed by atoms with Gasteiger partial charge in [0.25, 0.3) is 0 Å². The van der Waals surface area contributed by atoms with E-state index in [0.717, 1.165) is 0 Å². The van der Waals surface area contributed by atoms with Gasteiger partial charge in [-0.25, -0.2) is 4.79 Å². The average Bonchev–Trinajstić information content (AvgIpc) is 2.54. The quantitative estimate of drug-likeness (QED) is 0.538. The number of rotatable bonds is 0. The fraction of sp³-hybridized carbons (Fsp3) is 0. The molecule has 0 bridgehead atoms. The minimum absolute atomic E-state index is 0.00177. The van der Waals surface area contributed by atoms with Gasteiger partial charge in [-0.1, -0.05) is 46.4 Å². The van der Waals surface area contributed by atoms with E-state index in [1.54, 1.807) is 0 Å². The summed E-state index contributed by atoms with van der Waals surface area (Å²) in [5.74, 6) is -0.915. The van der Waals surface area contributed by atoms with Crippen LogP contribution in [0, 0.1) is 0 Å². The molecule has 1 heterocycles. The van der Waals surface area contributed by atoms with Crippen molar-refractivity contribution in [2.24, 2.45) is 0 Å². The summed E-state index contributed by atoms with van der Waals surface area (Å²) in [6.07, 6.45) is 0. The maximum absolute atomic E-state index is 10.8. The normalized spacial score (nSPS) is 11.1. The Morgan fingerprint density at radius 3 is 1.43 bits per heavy atom. The molecule has 1 aromatic carbocycles. The Balaban J connectivity index is 3.08. The van der Waals surface area contributed by atoms with Crippen molar-refractivity contribution in [2.45, 2.75) is 0 Å². The molecule has 0 amide bonds. The molecular weight excluding hydrogens is 274 g/mol. The first-order valence-corrected chi connectivity index (χ1v) is 4.79. The Hall–Kier alpha value is -0.350. The van der Waals surface area contributed by atoms with Gasteiger partial charge in [0.1, 0.15) is 10.0 Å². The lowest BCUT2D eigenvalue weighted by atomic mass is 10.3. The molecule has 2 rings (SSSR count). The highest BCUT2D eigenvalue weighted by Gasteiger charge is 2.20. The van der Waals surface area contributed by atoms with E-state index in [1.807, 2.05) is 0 Å². The molecule has 0 fully saturated rings. The summed E-state index contributed by atoms with van der Waals surface area (Å²) >= 11 is 22.9. The van der Waals surface area contributed by atoms with Gasteiger partial charge >= 0.3 is 5.82 Å². The van der Waals surface area contributed by atoms with Gasteiger partial charge in [0.05, 0.1) is 10.0 Å². The number of hydrogen-bond donors (Lipinski definition) is 0. The first kappa shape index (κ1) is 10.2. The third kappa shape index (κ3) is 1.32. The molecule has 0 saturated carbocycles. The summed E-state index contributed by atoms with van der Waals surface area (Å²) in [4.78, 5) is 10.8. The molecule has 0 saturated heterocycles. The third-order valence-corrected chi connectivity index (χ3v) is 3.32. The Kier molecular flexibility index (Phi) is 2.43. The van der Waals surface area contributed by atoms with E-state index in [0.29, 0.717) is 0 Å². The smallest absolute Gasteiger partial charge is 0.389 e. The lowest BCUT2D eigenvalue weighted by Crippen LogP contribution is -1.84. The summed E-state index contributed by atoms with van der Waals surface area (Å²) in [7, 11) is 0. The second-order valence-corrected chi connectivity index (χ2v) is 3.88. The van der Waals surface area contributed by atoms with Crippen molar-refractivity contribution in [1.29, 1.82) is 0 Å². The van der Waals surface area contributed by atoms with E-state index >= 15 is 0 Å². The Bertz CT molecular complexity index is 520. The molecule has 0 spiro atoms. The molecule has 0 radical (unpaired) electrons. The van der Waals surface area contributed by atoms with Crippen molar-refractivity contribution >= 4 is 57.6 Å². The van der Waals surface area contributed by atoms with Crippen LogP contribution in [0.2, 0.25) is 20.1 Å². The lowest BCUT2D eigenvalue weighted by Gasteiger charge is -2.00. The van der Waals surface area contributed by atoms with Crippen LogP contribution in [-0.2, 0) is 0 Å². The predicted octanol–water partition coefficient (Wildman–Crippen LogP) is 4.00. The summed E-state index contributed by atoms with van der Waals surface area (Å²) in [6.45, 7) is 0. The molecule has 0 atom stereocenters. The number of halogens is 4. The molecule has 0 unspecified atom stereocenters. The van der Waals surface area contributed by atoms with Gasteiger partial charge in [-0.2, -0.15) is 0 Å². The highest BCUT2D eigenvalue weighted by molar-refractivity contribution is 6.54. The minimum atomic E-state index is -0.915. The maximum Gasteiger partial charge on any atom is 0.519 e. The molecule has 2 aromatic rings. The van der Waals surface area contributed by atoms with Crippen molar-refractivity contribution in [3.8, 4) is 0 Å². The summed E-state index contributed by atoms with van der Waals surface area (Å²) in [5, 5.41) is 0.0506. The van der Waals surface area contributed by atoms with Crippen molar-refractivity contribution < 1.29 is 8.83 Å². The molecule has 74 valence electrons. The van der Waals surface area contributed by atoms with Gasteiger partial charge in [0, 0.05) is 0 Å². The molecule has 0 aliphatic heterocycles. The summed E-state index contributed by atoms with van der Waals surface area (Å²) in [6, 6.07) is 0. The molecule has 7 heteroatoms. The van der Waals surface area contributed by atoms with Crippen LogP contribution in [0.4, 0.5) is 0 Å². The Labute approximate surface area is 97.1 Å². The predicted molar refractivity (Wildman–Crippen MR) is 54.8 cm³/mol. The maximum atomic E-state index is 10.8. The molecule has 0 aliphatic rings. The molecule has 3 nitrogen and oxygen atoms in total. The zero-order chi connectivity index (χ0) is 10.5. The van der Waals surface area contributed by atoms with Crippen LogP contribution in [-0.4, -0.2) is 0 Å². The van der Waals surface area contributed by atoms with Gasteiger partial charge in [-0.15, -0.1) is 0 Å². The first-order chi connectivity index (χ1) is 6.52. The first-order valence-electron chi connectivity index (χ1n) is 3.28. The van der Waals surface area contributed by atoms with E-state index in [-0.39, 0.29) is 31.3 Å². The van der Waals surface area contributed by atoms with Crippen molar-refractivity contribution in [1.82, 2.24) is 0 Å². The van der Waals surface area contributed by atoms with Gasteiger partial charge in [0.2, 0.25) is 0 Å². The van der Waals surface area contributed by atoms with E-state index in [9.17, 15) is 4.79 Å². The number of hydrogen-bond acceptors (Lipinski definition) is 3. The fourth-order valence-electron chi connectivity index (χ4n) is 0.961. The van der Waals surface area contributed by atoms with Crippen molar-refractivity contribution in [3.63, 3.8) is 0 Å². The van der Waals surface area contributed by atoms with Crippen LogP contribution in [0.25, 0.3) is 11.2 Å². The molecule has 0 aliphatic carbocycles. The zero-order valence-electron chi connectivity index (χ0n) is 6.24.